The fourth-order valence-corrected chi connectivity index (χ4v) is 4.11. The second-order valence-electron chi connectivity index (χ2n) is 5.52. The number of aliphatic carboxylic acids is 1. The molecule has 1 amide bonds. The topological polar surface area (TPSA) is 66.4 Å². The van der Waals surface area contributed by atoms with Crippen LogP contribution in [0.15, 0.2) is 0 Å². The number of hydrogen-bond acceptors (Lipinski definition) is 3. The van der Waals surface area contributed by atoms with E-state index in [1.165, 1.54) is 0 Å². The summed E-state index contributed by atoms with van der Waals surface area (Å²) in [7, 11) is 0. The van der Waals surface area contributed by atoms with E-state index in [4.69, 9.17) is 0 Å². The Hall–Kier alpha value is -0.710. The largest absolute Gasteiger partial charge is 0.481 e. The number of nitrogens with one attached hydrogen (secondary N) is 1. The van der Waals surface area contributed by atoms with Gasteiger partial charge < -0.3 is 10.4 Å². The number of carbonyl (C=O) groups excluding carboxylic acids is 1. The molecule has 4 nitrogen and oxygen atoms in total. The smallest absolute Gasteiger partial charge is 0.307 e. The molecular formula is C13H21NO3S. The molecule has 18 heavy (non-hydrogen) atoms. The Kier molecular flexibility index (Phi) is 4.54. The van der Waals surface area contributed by atoms with Crippen LogP contribution < -0.4 is 5.32 Å². The van der Waals surface area contributed by atoms with Crippen LogP contribution in [0, 0.1) is 17.8 Å². The lowest BCUT2D eigenvalue weighted by Crippen LogP contribution is -2.42. The first-order chi connectivity index (χ1) is 8.58. The first-order valence-corrected chi connectivity index (χ1v) is 7.84. The molecule has 0 aromatic rings. The molecule has 1 saturated carbocycles. The van der Waals surface area contributed by atoms with Gasteiger partial charge >= 0.3 is 5.97 Å². The number of thioether (sulfide) groups is 1. The SMILES string of the molecule is CC1CC(C(=O)O)C(C(=O)NC2CCSCC2)C1. The summed E-state index contributed by atoms with van der Waals surface area (Å²) in [6, 6.07) is 0.254. The van der Waals surface area contributed by atoms with E-state index in [1.54, 1.807) is 0 Å². The second kappa shape index (κ2) is 5.95. The molecule has 0 spiro atoms. The zero-order valence-electron chi connectivity index (χ0n) is 10.7. The molecule has 0 aromatic heterocycles. The Labute approximate surface area is 112 Å². The van der Waals surface area contributed by atoms with Crippen molar-refractivity contribution < 1.29 is 14.7 Å². The third-order valence-electron chi connectivity index (χ3n) is 4.02. The van der Waals surface area contributed by atoms with Gasteiger partial charge in [-0.05, 0) is 43.1 Å². The maximum atomic E-state index is 12.2. The molecule has 3 atom stereocenters. The zero-order valence-corrected chi connectivity index (χ0v) is 11.5. The number of amides is 1. The highest BCUT2D eigenvalue weighted by Gasteiger charge is 2.41. The van der Waals surface area contributed by atoms with Crippen molar-refractivity contribution in [2.75, 3.05) is 11.5 Å². The van der Waals surface area contributed by atoms with Gasteiger partial charge in [-0.25, -0.2) is 0 Å². The van der Waals surface area contributed by atoms with Crippen molar-refractivity contribution in [3.8, 4) is 0 Å². The summed E-state index contributed by atoms with van der Waals surface area (Å²) in [5.74, 6) is 0.846. The molecule has 0 aromatic carbocycles. The third kappa shape index (κ3) is 3.19. The summed E-state index contributed by atoms with van der Waals surface area (Å²) < 4.78 is 0. The average Bonchev–Trinajstić information content (AvgIpc) is 2.73. The summed E-state index contributed by atoms with van der Waals surface area (Å²) in [5.41, 5.74) is 0. The number of hydrogen-bond donors (Lipinski definition) is 2. The van der Waals surface area contributed by atoms with Gasteiger partial charge in [-0.15, -0.1) is 0 Å². The first kappa shape index (κ1) is 13.7. The predicted molar refractivity (Wildman–Crippen MR) is 71.5 cm³/mol. The van der Waals surface area contributed by atoms with Crippen LogP contribution in [0.25, 0.3) is 0 Å². The fraction of sp³-hybridized carbons (Fsp3) is 0.846. The summed E-state index contributed by atoms with van der Waals surface area (Å²) in [6.07, 6.45) is 3.37. The van der Waals surface area contributed by atoms with E-state index in [2.05, 4.69) is 5.32 Å². The van der Waals surface area contributed by atoms with E-state index in [0.29, 0.717) is 18.8 Å². The van der Waals surface area contributed by atoms with E-state index in [9.17, 15) is 14.7 Å². The lowest BCUT2D eigenvalue weighted by atomic mass is 9.95. The minimum absolute atomic E-state index is 0.0383. The Morgan fingerprint density at radius 2 is 1.78 bits per heavy atom. The molecular weight excluding hydrogens is 250 g/mol. The van der Waals surface area contributed by atoms with Gasteiger partial charge in [-0.3, -0.25) is 9.59 Å². The average molecular weight is 271 g/mol. The molecule has 1 aliphatic heterocycles. The van der Waals surface area contributed by atoms with E-state index in [0.717, 1.165) is 24.3 Å². The van der Waals surface area contributed by atoms with E-state index in [1.807, 2.05) is 18.7 Å². The van der Waals surface area contributed by atoms with Gasteiger partial charge in [0.25, 0.3) is 0 Å². The summed E-state index contributed by atoms with van der Waals surface area (Å²) >= 11 is 1.92. The highest BCUT2D eigenvalue weighted by atomic mass is 32.2. The Morgan fingerprint density at radius 1 is 1.17 bits per heavy atom. The van der Waals surface area contributed by atoms with Crippen molar-refractivity contribution in [1.82, 2.24) is 5.32 Å². The minimum Gasteiger partial charge on any atom is -0.481 e. The number of carbonyl (C=O) groups is 2. The Balaban J connectivity index is 1.92. The number of rotatable bonds is 3. The van der Waals surface area contributed by atoms with Crippen LogP contribution in [0.5, 0.6) is 0 Å². The molecule has 1 aliphatic carbocycles. The lowest BCUT2D eigenvalue weighted by Gasteiger charge is -2.25. The number of carboxylic acids is 1. The Morgan fingerprint density at radius 3 is 2.39 bits per heavy atom. The van der Waals surface area contributed by atoms with Crippen LogP contribution in [0.4, 0.5) is 0 Å². The highest BCUT2D eigenvalue weighted by Crippen LogP contribution is 2.36. The lowest BCUT2D eigenvalue weighted by molar-refractivity contribution is -0.146. The molecule has 2 N–H and O–H groups in total. The molecule has 0 radical (unpaired) electrons. The van der Waals surface area contributed by atoms with Crippen molar-refractivity contribution in [3.05, 3.63) is 0 Å². The zero-order chi connectivity index (χ0) is 13.1. The van der Waals surface area contributed by atoms with Crippen molar-refractivity contribution in [3.63, 3.8) is 0 Å². The van der Waals surface area contributed by atoms with E-state index in [-0.39, 0.29) is 17.9 Å². The predicted octanol–water partition coefficient (Wildman–Crippen LogP) is 1.75. The molecule has 2 fully saturated rings. The molecule has 5 heteroatoms. The summed E-state index contributed by atoms with van der Waals surface area (Å²) in [4.78, 5) is 23.4. The van der Waals surface area contributed by atoms with Crippen molar-refractivity contribution in [1.29, 1.82) is 0 Å². The highest BCUT2D eigenvalue weighted by molar-refractivity contribution is 7.99. The van der Waals surface area contributed by atoms with Crippen LogP contribution in [0.2, 0.25) is 0 Å². The molecule has 0 bridgehead atoms. The second-order valence-corrected chi connectivity index (χ2v) is 6.75. The molecule has 102 valence electrons. The van der Waals surface area contributed by atoms with Crippen molar-refractivity contribution in [2.45, 2.75) is 38.6 Å². The van der Waals surface area contributed by atoms with Gasteiger partial charge in [0.15, 0.2) is 0 Å². The summed E-state index contributed by atoms with van der Waals surface area (Å²) in [5, 5.41) is 12.2. The van der Waals surface area contributed by atoms with Gasteiger partial charge in [0, 0.05) is 6.04 Å². The van der Waals surface area contributed by atoms with E-state index >= 15 is 0 Å². The van der Waals surface area contributed by atoms with Crippen LogP contribution in [-0.4, -0.2) is 34.5 Å². The summed E-state index contributed by atoms with van der Waals surface area (Å²) in [6.45, 7) is 2.03. The van der Waals surface area contributed by atoms with E-state index < -0.39 is 11.9 Å². The van der Waals surface area contributed by atoms with Gasteiger partial charge in [-0.1, -0.05) is 6.92 Å². The minimum atomic E-state index is -0.821. The molecule has 1 saturated heterocycles. The van der Waals surface area contributed by atoms with Gasteiger partial charge in [0.05, 0.1) is 11.8 Å². The number of carboxylic acid groups (broad SMARTS) is 1. The monoisotopic (exact) mass is 271 g/mol. The Bertz CT molecular complexity index is 328. The third-order valence-corrected chi connectivity index (χ3v) is 5.07. The van der Waals surface area contributed by atoms with Gasteiger partial charge in [-0.2, -0.15) is 11.8 Å². The molecule has 1 heterocycles. The molecule has 2 rings (SSSR count). The van der Waals surface area contributed by atoms with Crippen molar-refractivity contribution >= 4 is 23.6 Å². The maximum absolute atomic E-state index is 12.2. The van der Waals surface area contributed by atoms with Crippen LogP contribution >= 0.6 is 11.8 Å². The van der Waals surface area contributed by atoms with Crippen molar-refractivity contribution in [2.24, 2.45) is 17.8 Å². The quantitative estimate of drug-likeness (QED) is 0.820. The normalized spacial score (nSPS) is 33.3. The van der Waals surface area contributed by atoms with Gasteiger partial charge in [0.2, 0.25) is 5.91 Å². The fourth-order valence-electron chi connectivity index (χ4n) is 3.00. The maximum Gasteiger partial charge on any atom is 0.307 e. The van der Waals surface area contributed by atoms with Crippen LogP contribution in [-0.2, 0) is 9.59 Å². The van der Waals surface area contributed by atoms with Crippen LogP contribution in [0.3, 0.4) is 0 Å². The molecule has 2 aliphatic rings. The molecule has 3 unspecified atom stereocenters. The first-order valence-electron chi connectivity index (χ1n) is 6.69. The van der Waals surface area contributed by atoms with Crippen LogP contribution in [0.1, 0.15) is 32.6 Å². The van der Waals surface area contributed by atoms with Gasteiger partial charge in [0.1, 0.15) is 0 Å². The standard InChI is InChI=1S/C13H21NO3S/c1-8-6-10(11(7-8)13(16)17)12(15)14-9-2-4-18-5-3-9/h8-11H,2-7H2,1H3,(H,14,15)(H,16,17).